The fraction of sp³-hybridized carbons (Fsp3) is 0.500. The molecule has 1 aromatic carbocycles. The summed E-state index contributed by atoms with van der Waals surface area (Å²) in [6.07, 6.45) is 14.7. The van der Waals surface area contributed by atoms with Gasteiger partial charge in [-0.25, -0.2) is 0 Å². The summed E-state index contributed by atoms with van der Waals surface area (Å²) in [5.74, 6) is 0.790. The first-order valence-corrected chi connectivity index (χ1v) is 13.4. The molecule has 1 N–H and O–H groups in total. The van der Waals surface area contributed by atoms with E-state index < -0.39 is 0 Å². The SMILES string of the molecule is O=C(Cn1cc(/C=C2\SC(=S)N(CCC3CCCC3)C2=O)c2ccccc21)NC1CCCC1. The molecule has 2 amide bonds. The largest absolute Gasteiger partial charge is 0.352 e. The van der Waals surface area contributed by atoms with Crippen LogP contribution in [-0.4, -0.2) is 38.2 Å². The first-order valence-electron chi connectivity index (χ1n) is 12.2. The molecular weight excluding hydrogens is 450 g/mol. The van der Waals surface area contributed by atoms with Crippen molar-refractivity contribution in [3.8, 4) is 0 Å². The first-order chi connectivity index (χ1) is 16.1. The molecule has 2 saturated carbocycles. The standard InChI is InChI=1S/C26H31N3O2S2/c30-24(27-20-9-3-4-10-20)17-28-16-19(21-11-5-6-12-22(21)28)15-23-25(31)29(26(32)33-23)14-13-18-7-1-2-8-18/h5-6,11-12,15-16,18,20H,1-4,7-10,13-14,17H2,(H,27,30)/b23-15-. The molecule has 3 fully saturated rings. The van der Waals surface area contributed by atoms with Crippen LogP contribution in [0.4, 0.5) is 0 Å². The smallest absolute Gasteiger partial charge is 0.266 e. The summed E-state index contributed by atoms with van der Waals surface area (Å²) in [5, 5.41) is 4.22. The van der Waals surface area contributed by atoms with Gasteiger partial charge in [0.15, 0.2) is 0 Å². The Bertz CT molecular complexity index is 1090. The number of carbonyl (C=O) groups excluding carboxylic acids is 2. The van der Waals surface area contributed by atoms with Gasteiger partial charge in [0.1, 0.15) is 10.9 Å². The van der Waals surface area contributed by atoms with E-state index >= 15 is 0 Å². The van der Waals surface area contributed by atoms with Gasteiger partial charge in [-0.1, -0.05) is 80.7 Å². The number of amides is 2. The number of benzene rings is 1. The minimum absolute atomic E-state index is 0.0128. The van der Waals surface area contributed by atoms with Crippen molar-refractivity contribution in [1.82, 2.24) is 14.8 Å². The molecule has 0 unspecified atom stereocenters. The molecule has 0 spiro atoms. The van der Waals surface area contributed by atoms with Gasteiger partial charge in [-0.05, 0) is 37.3 Å². The third kappa shape index (κ3) is 5.04. The fourth-order valence-corrected chi connectivity index (χ4v) is 6.76. The molecule has 5 rings (SSSR count). The van der Waals surface area contributed by atoms with Crippen LogP contribution in [0.3, 0.4) is 0 Å². The van der Waals surface area contributed by atoms with E-state index in [1.807, 2.05) is 41.1 Å². The quantitative estimate of drug-likeness (QED) is 0.420. The molecule has 2 aromatic rings. The highest BCUT2D eigenvalue weighted by Gasteiger charge is 2.32. The highest BCUT2D eigenvalue weighted by Crippen LogP contribution is 2.36. The molecule has 2 aliphatic carbocycles. The third-order valence-corrected chi connectivity index (χ3v) is 8.63. The van der Waals surface area contributed by atoms with Crippen molar-refractivity contribution in [2.75, 3.05) is 6.54 Å². The van der Waals surface area contributed by atoms with Crippen LogP contribution in [0.15, 0.2) is 35.4 Å². The molecule has 1 saturated heterocycles. The Morgan fingerprint density at radius 3 is 2.64 bits per heavy atom. The van der Waals surface area contributed by atoms with Crippen molar-refractivity contribution in [2.45, 2.75) is 70.4 Å². The molecule has 1 aromatic heterocycles. The van der Waals surface area contributed by atoms with E-state index in [2.05, 4.69) is 5.32 Å². The van der Waals surface area contributed by atoms with Gasteiger partial charge in [-0.2, -0.15) is 0 Å². The minimum atomic E-state index is 0.0128. The van der Waals surface area contributed by atoms with E-state index in [0.717, 1.165) is 48.2 Å². The van der Waals surface area contributed by atoms with E-state index in [1.165, 1.54) is 50.3 Å². The Hall–Kier alpha value is -2.12. The van der Waals surface area contributed by atoms with Gasteiger partial charge < -0.3 is 9.88 Å². The van der Waals surface area contributed by atoms with Crippen LogP contribution in [-0.2, 0) is 16.1 Å². The zero-order chi connectivity index (χ0) is 22.8. The summed E-state index contributed by atoms with van der Waals surface area (Å²) in [7, 11) is 0. The topological polar surface area (TPSA) is 54.3 Å². The fourth-order valence-electron chi connectivity index (χ4n) is 5.46. The van der Waals surface area contributed by atoms with Crippen molar-refractivity contribution < 1.29 is 9.59 Å². The number of hydrogen-bond donors (Lipinski definition) is 1. The van der Waals surface area contributed by atoms with E-state index in [-0.39, 0.29) is 18.4 Å². The van der Waals surface area contributed by atoms with Gasteiger partial charge in [0.25, 0.3) is 5.91 Å². The molecule has 174 valence electrons. The van der Waals surface area contributed by atoms with Crippen LogP contribution in [0.2, 0.25) is 0 Å². The third-order valence-electron chi connectivity index (χ3n) is 7.25. The average molecular weight is 482 g/mol. The number of nitrogens with one attached hydrogen (secondary N) is 1. The molecule has 0 radical (unpaired) electrons. The van der Waals surface area contributed by atoms with Crippen LogP contribution in [0.1, 0.15) is 63.4 Å². The van der Waals surface area contributed by atoms with Crippen molar-refractivity contribution in [1.29, 1.82) is 0 Å². The number of carbonyl (C=O) groups is 2. The van der Waals surface area contributed by atoms with Crippen molar-refractivity contribution >= 4 is 57.1 Å². The Morgan fingerprint density at radius 1 is 1.12 bits per heavy atom. The normalized spacial score (nSPS) is 21.2. The number of nitrogens with zero attached hydrogens (tertiary/aromatic N) is 2. The summed E-state index contributed by atoms with van der Waals surface area (Å²) >= 11 is 6.94. The highest BCUT2D eigenvalue weighted by molar-refractivity contribution is 8.26. The molecule has 1 aliphatic heterocycles. The molecule has 5 nitrogen and oxygen atoms in total. The van der Waals surface area contributed by atoms with Crippen molar-refractivity contribution in [3.05, 3.63) is 40.9 Å². The van der Waals surface area contributed by atoms with E-state index in [0.29, 0.717) is 15.3 Å². The Kier molecular flexibility index (Phi) is 6.88. The van der Waals surface area contributed by atoms with Crippen LogP contribution in [0, 0.1) is 5.92 Å². The minimum Gasteiger partial charge on any atom is -0.352 e. The molecule has 2 heterocycles. The summed E-state index contributed by atoms with van der Waals surface area (Å²) in [6.45, 7) is 1.00. The Balaban J connectivity index is 1.33. The zero-order valence-electron chi connectivity index (χ0n) is 18.9. The molecular formula is C26H31N3O2S2. The first kappa shape index (κ1) is 22.7. The summed E-state index contributed by atoms with van der Waals surface area (Å²) in [5.41, 5.74) is 1.96. The second kappa shape index (κ2) is 10.0. The molecule has 0 atom stereocenters. The number of rotatable bonds is 7. The van der Waals surface area contributed by atoms with E-state index in [4.69, 9.17) is 12.2 Å². The Labute approximate surface area is 205 Å². The Morgan fingerprint density at radius 2 is 1.85 bits per heavy atom. The molecule has 7 heteroatoms. The summed E-state index contributed by atoms with van der Waals surface area (Å²) in [6, 6.07) is 8.37. The number of fused-ring (bicyclic) bond motifs is 1. The maximum atomic E-state index is 13.1. The van der Waals surface area contributed by atoms with Crippen LogP contribution in [0.5, 0.6) is 0 Å². The maximum absolute atomic E-state index is 13.1. The summed E-state index contributed by atoms with van der Waals surface area (Å²) < 4.78 is 2.65. The lowest BCUT2D eigenvalue weighted by molar-refractivity contribution is -0.123. The number of aromatic nitrogens is 1. The lowest BCUT2D eigenvalue weighted by atomic mass is 10.0. The average Bonchev–Trinajstić information content (AvgIpc) is 3.59. The summed E-state index contributed by atoms with van der Waals surface area (Å²) in [4.78, 5) is 28.2. The van der Waals surface area contributed by atoms with Crippen molar-refractivity contribution in [2.24, 2.45) is 5.92 Å². The van der Waals surface area contributed by atoms with Crippen LogP contribution >= 0.6 is 24.0 Å². The predicted octanol–water partition coefficient (Wildman–Crippen LogP) is 5.48. The van der Waals surface area contributed by atoms with Gasteiger partial charge in [-0.15, -0.1) is 0 Å². The van der Waals surface area contributed by atoms with Crippen molar-refractivity contribution in [3.63, 3.8) is 0 Å². The maximum Gasteiger partial charge on any atom is 0.266 e. The second-order valence-corrected chi connectivity index (χ2v) is 11.2. The van der Waals surface area contributed by atoms with Gasteiger partial charge >= 0.3 is 0 Å². The second-order valence-electron chi connectivity index (χ2n) is 9.55. The van der Waals surface area contributed by atoms with Gasteiger partial charge in [-0.3, -0.25) is 14.5 Å². The van der Waals surface area contributed by atoms with Crippen LogP contribution in [0.25, 0.3) is 17.0 Å². The monoisotopic (exact) mass is 481 g/mol. The number of hydrogen-bond acceptors (Lipinski definition) is 4. The van der Waals surface area contributed by atoms with Gasteiger partial charge in [0.05, 0.1) is 4.91 Å². The predicted molar refractivity (Wildman–Crippen MR) is 139 cm³/mol. The highest BCUT2D eigenvalue weighted by atomic mass is 32.2. The number of thioether (sulfide) groups is 1. The molecule has 3 aliphatic rings. The number of thiocarbonyl (C=S) groups is 1. The van der Waals surface area contributed by atoms with E-state index in [9.17, 15) is 9.59 Å². The lowest BCUT2D eigenvalue weighted by Crippen LogP contribution is -2.35. The molecule has 33 heavy (non-hydrogen) atoms. The number of para-hydroxylation sites is 1. The van der Waals surface area contributed by atoms with Gasteiger partial charge in [0, 0.05) is 35.2 Å². The molecule has 0 bridgehead atoms. The van der Waals surface area contributed by atoms with Crippen LogP contribution < -0.4 is 5.32 Å². The van der Waals surface area contributed by atoms with E-state index in [1.54, 1.807) is 4.90 Å². The lowest BCUT2D eigenvalue weighted by Gasteiger charge is -2.17. The zero-order valence-corrected chi connectivity index (χ0v) is 20.6. The van der Waals surface area contributed by atoms with Gasteiger partial charge in [0.2, 0.25) is 5.91 Å².